The van der Waals surface area contributed by atoms with E-state index in [1.807, 2.05) is 56.4 Å². The van der Waals surface area contributed by atoms with Gasteiger partial charge >= 0.3 is 0 Å². The molecule has 4 heterocycles. The lowest BCUT2D eigenvalue weighted by Crippen LogP contribution is -2.18. The van der Waals surface area contributed by atoms with Crippen molar-refractivity contribution in [3.8, 4) is 22.3 Å². The lowest BCUT2D eigenvalue weighted by molar-refractivity contribution is -0.118. The molecule has 0 fully saturated rings. The Morgan fingerprint density at radius 2 is 1.71 bits per heavy atom. The molecule has 0 unspecified atom stereocenters. The number of H-pyrrole nitrogens is 1. The summed E-state index contributed by atoms with van der Waals surface area (Å²) in [7, 11) is 0. The van der Waals surface area contributed by atoms with Gasteiger partial charge in [0, 0.05) is 41.7 Å². The molecule has 0 aliphatic heterocycles. The number of carbonyl (C=O) groups excluding carboxylic acids is 1. The van der Waals surface area contributed by atoms with E-state index in [0.717, 1.165) is 38.5 Å². The van der Waals surface area contributed by atoms with Gasteiger partial charge in [0.2, 0.25) is 5.91 Å². The minimum absolute atomic E-state index is 0.0856. The van der Waals surface area contributed by atoms with Gasteiger partial charge in [-0.15, -0.1) is 0 Å². The lowest BCUT2D eigenvalue weighted by atomic mass is 9.98. The van der Waals surface area contributed by atoms with Crippen molar-refractivity contribution in [2.45, 2.75) is 13.8 Å². The Morgan fingerprint density at radius 3 is 2.52 bits per heavy atom. The van der Waals surface area contributed by atoms with Crippen molar-refractivity contribution in [2.75, 3.05) is 5.32 Å². The number of hydrogen-bond donors (Lipinski definition) is 2. The fourth-order valence-electron chi connectivity index (χ4n) is 3.53. The number of amides is 1. The SMILES string of the molecule is CC(C)C(=O)Nc1n[nH]c2ncc(-c3ccc4nccc(-c5ccncc5)c4c3)cc12. The van der Waals surface area contributed by atoms with Crippen molar-refractivity contribution in [3.05, 3.63) is 67.3 Å². The van der Waals surface area contributed by atoms with Crippen LogP contribution in [0.3, 0.4) is 0 Å². The third kappa shape index (κ3) is 3.50. The highest BCUT2D eigenvalue weighted by molar-refractivity contribution is 6.01. The fraction of sp³-hybridized carbons (Fsp3) is 0.125. The van der Waals surface area contributed by atoms with Crippen molar-refractivity contribution in [2.24, 2.45) is 5.92 Å². The molecule has 31 heavy (non-hydrogen) atoms. The zero-order valence-corrected chi connectivity index (χ0v) is 17.1. The second kappa shape index (κ2) is 7.60. The molecular formula is C24H20N6O. The first-order valence-corrected chi connectivity index (χ1v) is 10.0. The van der Waals surface area contributed by atoms with E-state index >= 15 is 0 Å². The van der Waals surface area contributed by atoms with Gasteiger partial charge in [0.1, 0.15) is 0 Å². The van der Waals surface area contributed by atoms with Crippen LogP contribution in [0.2, 0.25) is 0 Å². The summed E-state index contributed by atoms with van der Waals surface area (Å²) in [6.07, 6.45) is 7.20. The molecule has 5 aromatic rings. The number of rotatable bonds is 4. The first-order chi connectivity index (χ1) is 15.1. The van der Waals surface area contributed by atoms with Crippen molar-refractivity contribution in [1.29, 1.82) is 0 Å². The Bertz CT molecular complexity index is 1410. The summed E-state index contributed by atoms with van der Waals surface area (Å²) in [4.78, 5) is 25.3. The molecule has 0 saturated heterocycles. The van der Waals surface area contributed by atoms with Crippen molar-refractivity contribution in [3.63, 3.8) is 0 Å². The maximum Gasteiger partial charge on any atom is 0.228 e. The van der Waals surface area contributed by atoms with Crippen LogP contribution in [0.5, 0.6) is 0 Å². The zero-order valence-electron chi connectivity index (χ0n) is 17.1. The van der Waals surface area contributed by atoms with Gasteiger partial charge in [-0.1, -0.05) is 19.9 Å². The third-order valence-corrected chi connectivity index (χ3v) is 5.25. The number of anilines is 1. The molecule has 7 heteroatoms. The summed E-state index contributed by atoms with van der Waals surface area (Å²) < 4.78 is 0. The molecule has 4 aromatic heterocycles. The smallest absolute Gasteiger partial charge is 0.228 e. The van der Waals surface area contributed by atoms with Crippen molar-refractivity contribution < 1.29 is 4.79 Å². The third-order valence-electron chi connectivity index (χ3n) is 5.25. The molecule has 1 aromatic carbocycles. The van der Waals surface area contributed by atoms with Crippen LogP contribution in [-0.4, -0.2) is 31.1 Å². The highest BCUT2D eigenvalue weighted by atomic mass is 16.1. The summed E-state index contributed by atoms with van der Waals surface area (Å²) in [5.41, 5.74) is 5.66. The molecule has 2 N–H and O–H groups in total. The van der Waals surface area contributed by atoms with Crippen LogP contribution in [0, 0.1) is 5.92 Å². The molecule has 152 valence electrons. The molecule has 1 amide bonds. The molecule has 0 saturated carbocycles. The highest BCUT2D eigenvalue weighted by Gasteiger charge is 2.14. The Morgan fingerprint density at radius 1 is 0.903 bits per heavy atom. The number of aromatic nitrogens is 5. The number of aromatic amines is 1. The number of nitrogens with one attached hydrogen (secondary N) is 2. The molecule has 0 atom stereocenters. The van der Waals surface area contributed by atoms with Crippen LogP contribution in [0.25, 0.3) is 44.2 Å². The number of carbonyl (C=O) groups is 1. The maximum absolute atomic E-state index is 12.1. The van der Waals surface area contributed by atoms with Crippen molar-refractivity contribution in [1.82, 2.24) is 25.1 Å². The largest absolute Gasteiger partial charge is 0.308 e. The number of pyridine rings is 3. The molecule has 0 radical (unpaired) electrons. The van der Waals surface area contributed by atoms with E-state index in [0.29, 0.717) is 11.5 Å². The quantitative estimate of drug-likeness (QED) is 0.444. The Hall–Kier alpha value is -4.13. The van der Waals surface area contributed by atoms with Crippen LogP contribution in [0.4, 0.5) is 5.82 Å². The second-order valence-corrected chi connectivity index (χ2v) is 7.66. The fourth-order valence-corrected chi connectivity index (χ4v) is 3.53. The van der Waals surface area contributed by atoms with E-state index in [9.17, 15) is 4.79 Å². The van der Waals surface area contributed by atoms with Gasteiger partial charge in [0.25, 0.3) is 0 Å². The number of fused-ring (bicyclic) bond motifs is 2. The molecule has 0 aliphatic carbocycles. The standard InChI is InChI=1S/C24H20N6O/c1-14(2)24(31)28-23-20-12-17(13-27-22(20)29-30-23)16-3-4-21-19(11-16)18(7-10-26-21)15-5-8-25-9-6-15/h3-14H,1-2H3,(H2,27,28,29,30,31). The van der Waals surface area contributed by atoms with E-state index < -0.39 is 0 Å². The first-order valence-electron chi connectivity index (χ1n) is 10.0. The average Bonchev–Trinajstić information content (AvgIpc) is 3.20. The molecule has 5 rings (SSSR count). The van der Waals surface area contributed by atoms with Gasteiger partial charge < -0.3 is 5.32 Å². The van der Waals surface area contributed by atoms with Crippen molar-refractivity contribution >= 4 is 33.7 Å². The normalized spacial score (nSPS) is 11.3. The van der Waals surface area contributed by atoms with Gasteiger partial charge in [0.05, 0.1) is 10.9 Å². The van der Waals surface area contributed by atoms with Gasteiger partial charge in [-0.25, -0.2) is 4.98 Å². The van der Waals surface area contributed by atoms with Crippen LogP contribution in [0.1, 0.15) is 13.8 Å². The average molecular weight is 408 g/mol. The Balaban J connectivity index is 1.61. The first kappa shape index (κ1) is 18.9. The Kier molecular flexibility index (Phi) is 4.63. The molecule has 7 nitrogen and oxygen atoms in total. The number of benzene rings is 1. The Labute approximate surface area is 178 Å². The summed E-state index contributed by atoms with van der Waals surface area (Å²) in [6.45, 7) is 3.69. The predicted octanol–water partition coefficient (Wildman–Crippen LogP) is 4.83. The van der Waals surface area contributed by atoms with Gasteiger partial charge in [0.15, 0.2) is 11.5 Å². The predicted molar refractivity (Wildman–Crippen MR) is 121 cm³/mol. The van der Waals surface area contributed by atoms with E-state index in [1.54, 1.807) is 18.6 Å². The maximum atomic E-state index is 12.1. The number of nitrogens with zero attached hydrogens (tertiary/aromatic N) is 4. The highest BCUT2D eigenvalue weighted by Crippen LogP contribution is 2.32. The van der Waals surface area contributed by atoms with E-state index in [2.05, 4.69) is 36.5 Å². The van der Waals surface area contributed by atoms with Crippen LogP contribution in [-0.2, 0) is 4.79 Å². The van der Waals surface area contributed by atoms with Gasteiger partial charge in [-0.05, 0) is 53.1 Å². The number of hydrogen-bond acceptors (Lipinski definition) is 5. The summed E-state index contributed by atoms with van der Waals surface area (Å²) >= 11 is 0. The van der Waals surface area contributed by atoms with Crippen LogP contribution < -0.4 is 5.32 Å². The monoisotopic (exact) mass is 408 g/mol. The second-order valence-electron chi connectivity index (χ2n) is 7.66. The summed E-state index contributed by atoms with van der Waals surface area (Å²) in [6, 6.07) is 14.1. The van der Waals surface area contributed by atoms with Crippen LogP contribution >= 0.6 is 0 Å². The summed E-state index contributed by atoms with van der Waals surface area (Å²) in [5, 5.41) is 11.8. The topological polar surface area (TPSA) is 96.5 Å². The molecule has 0 spiro atoms. The van der Waals surface area contributed by atoms with E-state index in [1.165, 1.54) is 0 Å². The molecule has 0 bridgehead atoms. The minimum Gasteiger partial charge on any atom is -0.308 e. The molecular weight excluding hydrogens is 388 g/mol. The van der Waals surface area contributed by atoms with Gasteiger partial charge in [-0.2, -0.15) is 5.10 Å². The van der Waals surface area contributed by atoms with Gasteiger partial charge in [-0.3, -0.25) is 19.9 Å². The molecule has 0 aliphatic rings. The zero-order chi connectivity index (χ0) is 21.4. The minimum atomic E-state index is -0.137. The van der Waals surface area contributed by atoms with E-state index in [4.69, 9.17) is 0 Å². The summed E-state index contributed by atoms with van der Waals surface area (Å²) in [5.74, 6) is 0.267. The van der Waals surface area contributed by atoms with E-state index in [-0.39, 0.29) is 11.8 Å². The van der Waals surface area contributed by atoms with Crippen LogP contribution in [0.15, 0.2) is 67.3 Å². The lowest BCUT2D eigenvalue weighted by Gasteiger charge is -2.09.